The minimum Gasteiger partial charge on any atom is -0.284 e. The molecule has 6 heteroatoms. The van der Waals surface area contributed by atoms with Crippen LogP contribution in [0.3, 0.4) is 0 Å². The van der Waals surface area contributed by atoms with Gasteiger partial charge in [0.15, 0.2) is 0 Å². The molecule has 3 rings (SSSR count). The fraction of sp³-hybridized carbons (Fsp3) is 0.750. The molecule has 18 heavy (non-hydrogen) atoms. The molecule has 0 aromatic carbocycles. The molecular weight excluding hydrogens is 250 g/mol. The number of hydrogen-bond acceptors (Lipinski definition) is 3. The van der Waals surface area contributed by atoms with Crippen LogP contribution in [0.2, 0.25) is 0 Å². The molecule has 3 atom stereocenters. The molecule has 1 aromatic rings. The van der Waals surface area contributed by atoms with E-state index in [0.717, 1.165) is 11.8 Å². The van der Waals surface area contributed by atoms with Gasteiger partial charge in [-0.15, -0.1) is 0 Å². The smallest absolute Gasteiger partial charge is 0.245 e. The van der Waals surface area contributed by atoms with Crippen molar-refractivity contribution in [1.82, 2.24) is 14.5 Å². The van der Waals surface area contributed by atoms with E-state index in [1.54, 1.807) is 7.05 Å². The lowest BCUT2D eigenvalue weighted by Gasteiger charge is -2.26. The number of H-pyrrole nitrogens is 1. The van der Waals surface area contributed by atoms with Gasteiger partial charge in [0.1, 0.15) is 4.90 Å². The minimum atomic E-state index is -3.36. The zero-order valence-corrected chi connectivity index (χ0v) is 11.4. The second-order valence-electron chi connectivity index (χ2n) is 5.65. The quantitative estimate of drug-likeness (QED) is 0.900. The Morgan fingerprint density at radius 3 is 2.83 bits per heavy atom. The van der Waals surface area contributed by atoms with Crippen molar-refractivity contribution in [1.29, 1.82) is 0 Å². The lowest BCUT2D eigenvalue weighted by molar-refractivity contribution is 0.280. The zero-order chi connectivity index (χ0) is 12.8. The van der Waals surface area contributed by atoms with Crippen LogP contribution in [-0.2, 0) is 10.0 Å². The zero-order valence-electron chi connectivity index (χ0n) is 10.5. The maximum atomic E-state index is 12.3. The van der Waals surface area contributed by atoms with Crippen molar-refractivity contribution in [2.45, 2.75) is 30.6 Å². The Morgan fingerprint density at radius 1 is 1.44 bits per heavy atom. The molecule has 0 radical (unpaired) electrons. The maximum absolute atomic E-state index is 12.3. The first kappa shape index (κ1) is 12.2. The summed E-state index contributed by atoms with van der Waals surface area (Å²) in [5.74, 6) is 2.15. The first-order chi connectivity index (χ1) is 8.57. The third kappa shape index (κ3) is 1.97. The van der Waals surface area contributed by atoms with Gasteiger partial charge in [-0.3, -0.25) is 5.10 Å². The number of nitrogens with one attached hydrogen (secondary N) is 1. The van der Waals surface area contributed by atoms with Crippen molar-refractivity contribution in [3.8, 4) is 0 Å². The van der Waals surface area contributed by atoms with Gasteiger partial charge in [-0.2, -0.15) is 5.10 Å². The van der Waals surface area contributed by atoms with Crippen LogP contribution in [0.15, 0.2) is 17.3 Å². The maximum Gasteiger partial charge on any atom is 0.245 e. The molecule has 0 amide bonds. The summed E-state index contributed by atoms with van der Waals surface area (Å²) < 4.78 is 26.0. The lowest BCUT2D eigenvalue weighted by atomic mass is 9.89. The van der Waals surface area contributed by atoms with Crippen LogP contribution in [0.1, 0.15) is 25.7 Å². The predicted octanol–water partition coefficient (Wildman–Crippen LogP) is 1.47. The van der Waals surface area contributed by atoms with Gasteiger partial charge < -0.3 is 0 Å². The van der Waals surface area contributed by atoms with Crippen molar-refractivity contribution in [2.24, 2.45) is 17.8 Å². The van der Waals surface area contributed by atoms with Crippen LogP contribution in [0.4, 0.5) is 0 Å². The molecule has 2 fully saturated rings. The minimum absolute atomic E-state index is 0.258. The van der Waals surface area contributed by atoms with Gasteiger partial charge in [0.2, 0.25) is 10.0 Å². The average molecular weight is 269 g/mol. The van der Waals surface area contributed by atoms with E-state index in [0.29, 0.717) is 12.5 Å². The molecule has 2 aliphatic rings. The number of nitrogens with zero attached hydrogens (tertiary/aromatic N) is 2. The monoisotopic (exact) mass is 269 g/mol. The number of sulfonamides is 1. The third-order valence-corrected chi connectivity index (χ3v) is 6.35. The first-order valence-corrected chi connectivity index (χ1v) is 7.96. The van der Waals surface area contributed by atoms with Crippen LogP contribution in [0, 0.1) is 17.8 Å². The number of fused-ring (bicyclic) bond motifs is 2. The summed E-state index contributed by atoms with van der Waals surface area (Å²) in [6.07, 6.45) is 7.95. The highest BCUT2D eigenvalue weighted by Gasteiger charge is 2.40. The molecule has 2 aliphatic carbocycles. The van der Waals surface area contributed by atoms with Crippen molar-refractivity contribution in [3.05, 3.63) is 12.4 Å². The van der Waals surface area contributed by atoms with Gasteiger partial charge in [0.25, 0.3) is 0 Å². The fourth-order valence-electron chi connectivity index (χ4n) is 3.59. The lowest BCUT2D eigenvalue weighted by Crippen LogP contribution is -2.33. The molecule has 0 saturated heterocycles. The Bertz CT molecular complexity index is 511. The number of aromatic nitrogens is 2. The van der Waals surface area contributed by atoms with Crippen molar-refractivity contribution < 1.29 is 8.42 Å². The van der Waals surface area contributed by atoms with Gasteiger partial charge in [-0.1, -0.05) is 6.42 Å². The third-order valence-electron chi connectivity index (χ3n) is 4.56. The van der Waals surface area contributed by atoms with Crippen molar-refractivity contribution in [2.75, 3.05) is 13.6 Å². The van der Waals surface area contributed by atoms with E-state index < -0.39 is 10.0 Å². The van der Waals surface area contributed by atoms with E-state index >= 15 is 0 Å². The summed E-state index contributed by atoms with van der Waals surface area (Å²) >= 11 is 0. The number of hydrogen-bond donors (Lipinski definition) is 1. The van der Waals surface area contributed by atoms with E-state index in [4.69, 9.17) is 0 Å². The summed E-state index contributed by atoms with van der Waals surface area (Å²) in [4.78, 5) is 0.258. The van der Waals surface area contributed by atoms with Gasteiger partial charge in [-0.25, -0.2) is 12.7 Å². The second kappa shape index (κ2) is 4.35. The van der Waals surface area contributed by atoms with Crippen molar-refractivity contribution in [3.63, 3.8) is 0 Å². The highest BCUT2D eigenvalue weighted by molar-refractivity contribution is 7.89. The molecule has 2 bridgehead atoms. The van der Waals surface area contributed by atoms with Gasteiger partial charge in [-0.05, 0) is 37.0 Å². The standard InChI is InChI=1S/C12H19N3O2S/c1-15(18(16,17)12-6-13-14-7-12)8-11-5-9-2-3-10(11)4-9/h6-7,9-11H,2-5,8H2,1H3,(H,13,14). The van der Waals surface area contributed by atoms with E-state index in [1.807, 2.05) is 0 Å². The highest BCUT2D eigenvalue weighted by atomic mass is 32.2. The van der Waals surface area contributed by atoms with Gasteiger partial charge in [0.05, 0.1) is 6.20 Å². The molecule has 3 unspecified atom stereocenters. The van der Waals surface area contributed by atoms with E-state index in [-0.39, 0.29) is 4.90 Å². The summed E-state index contributed by atoms with van der Waals surface area (Å²) in [5, 5.41) is 6.27. The molecule has 2 saturated carbocycles. The normalized spacial score (nSPS) is 31.3. The molecule has 1 N–H and O–H groups in total. The Morgan fingerprint density at radius 2 is 2.28 bits per heavy atom. The Hall–Kier alpha value is -0.880. The van der Waals surface area contributed by atoms with Gasteiger partial charge in [0, 0.05) is 19.8 Å². The van der Waals surface area contributed by atoms with E-state index in [1.165, 1.54) is 42.4 Å². The predicted molar refractivity (Wildman–Crippen MR) is 67.3 cm³/mol. The fourth-order valence-corrected chi connectivity index (χ4v) is 4.72. The Balaban J connectivity index is 1.70. The van der Waals surface area contributed by atoms with Crippen LogP contribution in [0.5, 0.6) is 0 Å². The van der Waals surface area contributed by atoms with Crippen LogP contribution < -0.4 is 0 Å². The average Bonchev–Trinajstić information content (AvgIpc) is 3.06. The Labute approximate surface area is 108 Å². The number of rotatable bonds is 4. The molecule has 1 aromatic heterocycles. The topological polar surface area (TPSA) is 66.1 Å². The van der Waals surface area contributed by atoms with Crippen molar-refractivity contribution >= 4 is 10.0 Å². The summed E-state index contributed by atoms with van der Waals surface area (Å²) in [5.41, 5.74) is 0. The Kier molecular flexibility index (Phi) is 2.94. The van der Waals surface area contributed by atoms with Crippen LogP contribution in [-0.4, -0.2) is 36.5 Å². The van der Waals surface area contributed by atoms with Crippen LogP contribution in [0.25, 0.3) is 0 Å². The molecule has 100 valence electrons. The highest BCUT2D eigenvalue weighted by Crippen LogP contribution is 2.48. The molecule has 5 nitrogen and oxygen atoms in total. The molecular formula is C12H19N3O2S. The largest absolute Gasteiger partial charge is 0.284 e. The summed E-state index contributed by atoms with van der Waals surface area (Å²) in [6.45, 7) is 0.648. The molecule has 0 spiro atoms. The van der Waals surface area contributed by atoms with Crippen LogP contribution >= 0.6 is 0 Å². The molecule has 1 heterocycles. The van der Waals surface area contributed by atoms with Gasteiger partial charge >= 0.3 is 0 Å². The molecule has 0 aliphatic heterocycles. The summed E-state index contributed by atoms with van der Waals surface area (Å²) in [7, 11) is -1.69. The summed E-state index contributed by atoms with van der Waals surface area (Å²) in [6, 6.07) is 0. The SMILES string of the molecule is CN(CC1CC2CCC1C2)S(=O)(=O)c1cn[nH]c1. The number of aromatic amines is 1. The van der Waals surface area contributed by atoms with E-state index in [9.17, 15) is 8.42 Å². The first-order valence-electron chi connectivity index (χ1n) is 6.52. The second-order valence-corrected chi connectivity index (χ2v) is 7.70. The van der Waals surface area contributed by atoms with E-state index in [2.05, 4.69) is 10.2 Å².